The molecule has 84 valence electrons. The van der Waals surface area contributed by atoms with Crippen molar-refractivity contribution < 1.29 is 19.2 Å². The van der Waals surface area contributed by atoms with Crippen LogP contribution in [0.2, 0.25) is 0 Å². The molecule has 15 heavy (non-hydrogen) atoms. The van der Waals surface area contributed by atoms with Crippen molar-refractivity contribution in [3.63, 3.8) is 0 Å². The van der Waals surface area contributed by atoms with E-state index >= 15 is 0 Å². The van der Waals surface area contributed by atoms with Crippen molar-refractivity contribution in [2.45, 2.75) is 12.5 Å². The van der Waals surface area contributed by atoms with E-state index < -0.39 is 6.10 Å². The number of nitrogens with zero attached hydrogens (tertiary/aromatic N) is 1. The highest BCUT2D eigenvalue weighted by Crippen LogP contribution is 1.95. The fraction of sp³-hybridized carbons (Fsp3) is 0.556. The second kappa shape index (κ2) is 6.15. The minimum Gasteiger partial charge on any atom is -0.391 e. The number of hydrogen-bond acceptors (Lipinski definition) is 5. The van der Waals surface area contributed by atoms with Crippen LogP contribution in [0.3, 0.4) is 0 Å². The van der Waals surface area contributed by atoms with Gasteiger partial charge >= 0.3 is 0 Å². The Balaban J connectivity index is 2.18. The molecule has 0 radical (unpaired) electrons. The van der Waals surface area contributed by atoms with Gasteiger partial charge in [0.05, 0.1) is 12.7 Å². The van der Waals surface area contributed by atoms with Crippen LogP contribution in [0, 0.1) is 0 Å². The Morgan fingerprint density at radius 3 is 3.20 bits per heavy atom. The highest BCUT2D eigenvalue weighted by atomic mass is 16.5. The zero-order valence-electron chi connectivity index (χ0n) is 8.47. The number of amides is 1. The Morgan fingerprint density at radius 1 is 1.80 bits per heavy atom. The minimum absolute atomic E-state index is 0.233. The predicted octanol–water partition coefficient (Wildman–Crippen LogP) is -0.198. The highest BCUT2D eigenvalue weighted by molar-refractivity contribution is 5.91. The van der Waals surface area contributed by atoms with Gasteiger partial charge in [0.25, 0.3) is 5.91 Å². The van der Waals surface area contributed by atoms with E-state index in [-0.39, 0.29) is 18.2 Å². The van der Waals surface area contributed by atoms with E-state index in [2.05, 4.69) is 15.0 Å². The normalized spacial score (nSPS) is 12.4. The largest absolute Gasteiger partial charge is 0.391 e. The fourth-order valence-corrected chi connectivity index (χ4v) is 1.05. The second-order valence-electron chi connectivity index (χ2n) is 3.04. The summed E-state index contributed by atoms with van der Waals surface area (Å²) in [7, 11) is 1.51. The number of carbonyl (C=O) groups excluding carboxylic acids is 1. The minimum atomic E-state index is -0.562. The van der Waals surface area contributed by atoms with Crippen molar-refractivity contribution in [3.05, 3.63) is 18.0 Å². The molecular formula is C9H14N2O4. The standard InChI is InChI=1S/C9H14N2O4/c1-14-6-7(12)2-4-10-9(13)8-3-5-15-11-8/h3,5,7,12H,2,4,6H2,1H3,(H,10,13). The number of aromatic nitrogens is 1. The smallest absolute Gasteiger partial charge is 0.273 e. The number of carbonyl (C=O) groups is 1. The van der Waals surface area contributed by atoms with Crippen molar-refractivity contribution >= 4 is 5.91 Å². The molecule has 0 aliphatic heterocycles. The van der Waals surface area contributed by atoms with Gasteiger partial charge in [0, 0.05) is 19.7 Å². The maximum atomic E-state index is 11.3. The van der Waals surface area contributed by atoms with Crippen LogP contribution in [0.5, 0.6) is 0 Å². The molecule has 0 spiro atoms. The van der Waals surface area contributed by atoms with Crippen LogP contribution in [-0.2, 0) is 4.74 Å². The first kappa shape index (κ1) is 11.7. The monoisotopic (exact) mass is 214 g/mol. The summed E-state index contributed by atoms with van der Waals surface area (Å²) in [4.78, 5) is 11.3. The van der Waals surface area contributed by atoms with Crippen molar-refractivity contribution in [1.29, 1.82) is 0 Å². The van der Waals surface area contributed by atoms with Crippen molar-refractivity contribution in [2.24, 2.45) is 0 Å². The van der Waals surface area contributed by atoms with Crippen LogP contribution in [0.15, 0.2) is 16.9 Å². The number of nitrogens with one attached hydrogen (secondary N) is 1. The van der Waals surface area contributed by atoms with E-state index in [0.29, 0.717) is 13.0 Å². The van der Waals surface area contributed by atoms with Crippen LogP contribution in [0.25, 0.3) is 0 Å². The predicted molar refractivity (Wildman–Crippen MR) is 51.3 cm³/mol. The van der Waals surface area contributed by atoms with Gasteiger partial charge in [-0.15, -0.1) is 0 Å². The van der Waals surface area contributed by atoms with Crippen LogP contribution in [0.1, 0.15) is 16.9 Å². The van der Waals surface area contributed by atoms with Crippen molar-refractivity contribution in [2.75, 3.05) is 20.3 Å². The number of rotatable bonds is 6. The molecule has 1 heterocycles. The summed E-state index contributed by atoms with van der Waals surface area (Å²) in [5, 5.41) is 15.4. The third-order valence-electron chi connectivity index (χ3n) is 1.79. The first-order chi connectivity index (χ1) is 7.24. The number of aliphatic hydroxyl groups excluding tert-OH is 1. The lowest BCUT2D eigenvalue weighted by Gasteiger charge is -2.08. The molecular weight excluding hydrogens is 200 g/mol. The Labute approximate surface area is 87.2 Å². The summed E-state index contributed by atoms with van der Waals surface area (Å²) in [6, 6.07) is 1.47. The van der Waals surface area contributed by atoms with Gasteiger partial charge in [-0.3, -0.25) is 4.79 Å². The molecule has 1 atom stereocenters. The molecule has 1 rings (SSSR count). The van der Waals surface area contributed by atoms with Gasteiger partial charge in [0.1, 0.15) is 6.26 Å². The highest BCUT2D eigenvalue weighted by Gasteiger charge is 2.09. The van der Waals surface area contributed by atoms with Crippen LogP contribution >= 0.6 is 0 Å². The summed E-state index contributed by atoms with van der Waals surface area (Å²) >= 11 is 0. The van der Waals surface area contributed by atoms with Gasteiger partial charge in [-0.1, -0.05) is 5.16 Å². The molecule has 0 saturated heterocycles. The zero-order chi connectivity index (χ0) is 11.1. The lowest BCUT2D eigenvalue weighted by atomic mass is 10.2. The van der Waals surface area contributed by atoms with E-state index in [9.17, 15) is 9.90 Å². The number of hydrogen-bond donors (Lipinski definition) is 2. The van der Waals surface area contributed by atoms with Gasteiger partial charge in [-0.05, 0) is 6.42 Å². The summed E-state index contributed by atoms with van der Waals surface area (Å²) in [6.07, 6.45) is 1.21. The molecule has 1 aromatic rings. The Kier molecular flexibility index (Phi) is 4.79. The average molecular weight is 214 g/mol. The molecule has 0 aromatic carbocycles. The molecule has 0 saturated carbocycles. The molecule has 1 amide bonds. The van der Waals surface area contributed by atoms with Gasteiger partial charge in [0.2, 0.25) is 0 Å². The van der Waals surface area contributed by atoms with Crippen molar-refractivity contribution in [1.82, 2.24) is 10.5 Å². The first-order valence-corrected chi connectivity index (χ1v) is 4.59. The van der Waals surface area contributed by atoms with Crippen LogP contribution in [0.4, 0.5) is 0 Å². The van der Waals surface area contributed by atoms with Crippen LogP contribution < -0.4 is 5.32 Å². The molecule has 0 aliphatic rings. The van der Waals surface area contributed by atoms with Crippen LogP contribution in [-0.4, -0.2) is 42.5 Å². The molecule has 6 heteroatoms. The fourth-order valence-electron chi connectivity index (χ4n) is 1.05. The molecule has 6 nitrogen and oxygen atoms in total. The number of aliphatic hydroxyl groups is 1. The molecule has 0 aliphatic carbocycles. The zero-order valence-corrected chi connectivity index (χ0v) is 8.47. The Morgan fingerprint density at radius 2 is 2.60 bits per heavy atom. The van der Waals surface area contributed by atoms with E-state index in [1.165, 1.54) is 19.4 Å². The molecule has 1 unspecified atom stereocenters. The lowest BCUT2D eigenvalue weighted by molar-refractivity contribution is 0.0587. The SMILES string of the molecule is COCC(O)CCNC(=O)c1ccon1. The summed E-state index contributed by atoms with van der Waals surface area (Å²) in [6.45, 7) is 0.635. The number of methoxy groups -OCH3 is 1. The third-order valence-corrected chi connectivity index (χ3v) is 1.79. The van der Waals surface area contributed by atoms with E-state index in [1.807, 2.05) is 0 Å². The molecule has 1 aromatic heterocycles. The van der Waals surface area contributed by atoms with E-state index in [4.69, 9.17) is 4.74 Å². The molecule has 0 fully saturated rings. The number of ether oxygens (including phenoxy) is 1. The van der Waals surface area contributed by atoms with Gasteiger partial charge in [-0.25, -0.2) is 0 Å². The van der Waals surface area contributed by atoms with Gasteiger partial charge in [0.15, 0.2) is 5.69 Å². The van der Waals surface area contributed by atoms with E-state index in [1.54, 1.807) is 0 Å². The summed E-state index contributed by atoms with van der Waals surface area (Å²) in [5.74, 6) is -0.312. The summed E-state index contributed by atoms with van der Waals surface area (Å²) < 4.78 is 9.26. The molecule has 2 N–H and O–H groups in total. The van der Waals surface area contributed by atoms with Crippen molar-refractivity contribution in [3.8, 4) is 0 Å². The Hall–Kier alpha value is -1.40. The average Bonchev–Trinajstić information content (AvgIpc) is 2.70. The molecule has 0 bridgehead atoms. The maximum Gasteiger partial charge on any atom is 0.273 e. The first-order valence-electron chi connectivity index (χ1n) is 4.59. The lowest BCUT2D eigenvalue weighted by Crippen LogP contribution is -2.28. The third kappa shape index (κ3) is 4.09. The summed E-state index contributed by atoms with van der Waals surface area (Å²) in [5.41, 5.74) is 0.233. The maximum absolute atomic E-state index is 11.3. The quantitative estimate of drug-likeness (QED) is 0.685. The van der Waals surface area contributed by atoms with Gasteiger partial charge in [-0.2, -0.15) is 0 Å². The van der Waals surface area contributed by atoms with E-state index in [0.717, 1.165) is 0 Å². The Bertz CT molecular complexity index is 286. The van der Waals surface area contributed by atoms with Gasteiger partial charge < -0.3 is 19.7 Å². The topological polar surface area (TPSA) is 84.6 Å². The second-order valence-corrected chi connectivity index (χ2v) is 3.04.